The Bertz CT molecular complexity index is 819. The molecule has 0 atom stereocenters. The molecule has 0 saturated carbocycles. The second kappa shape index (κ2) is 8.70. The molecule has 0 aromatic heterocycles. The number of benzene rings is 2. The number of amides is 2. The Morgan fingerprint density at radius 2 is 1.69 bits per heavy atom. The Labute approximate surface area is 148 Å². The number of ether oxygens (including phenoxy) is 1. The van der Waals surface area contributed by atoms with Crippen LogP contribution in [0.2, 0.25) is 0 Å². The van der Waals surface area contributed by atoms with E-state index in [0.29, 0.717) is 5.56 Å². The standard InChI is InChI=1S/C18H16F2N2O4/c1-11-4-2-5-12(8-11)18(25)21-9-16(24)26-10-15(23)22-17-13(19)6-3-7-14(17)20/h2-8H,9-10H2,1H3,(H,21,25)(H,22,23). The molecule has 0 spiro atoms. The first-order valence-corrected chi connectivity index (χ1v) is 7.61. The van der Waals surface area contributed by atoms with Crippen molar-refractivity contribution in [3.8, 4) is 0 Å². The number of para-hydroxylation sites is 1. The van der Waals surface area contributed by atoms with Gasteiger partial charge in [-0.2, -0.15) is 0 Å². The minimum absolute atomic E-state index is 0.380. The van der Waals surface area contributed by atoms with Crippen LogP contribution in [0.1, 0.15) is 15.9 Å². The fourth-order valence-corrected chi connectivity index (χ4v) is 2.03. The Balaban J connectivity index is 1.78. The fraction of sp³-hybridized carbons (Fsp3) is 0.167. The van der Waals surface area contributed by atoms with E-state index < -0.39 is 48.3 Å². The van der Waals surface area contributed by atoms with E-state index in [1.807, 2.05) is 18.3 Å². The molecule has 0 unspecified atom stereocenters. The van der Waals surface area contributed by atoms with Crippen molar-refractivity contribution in [2.75, 3.05) is 18.5 Å². The van der Waals surface area contributed by atoms with Crippen LogP contribution in [0.25, 0.3) is 0 Å². The van der Waals surface area contributed by atoms with Crippen molar-refractivity contribution in [3.63, 3.8) is 0 Å². The Morgan fingerprint density at radius 1 is 1.04 bits per heavy atom. The number of rotatable bonds is 6. The van der Waals surface area contributed by atoms with E-state index >= 15 is 0 Å². The lowest BCUT2D eigenvalue weighted by atomic mass is 10.1. The summed E-state index contributed by atoms with van der Waals surface area (Å²) in [5, 5.41) is 4.33. The van der Waals surface area contributed by atoms with Gasteiger partial charge in [-0.05, 0) is 31.2 Å². The van der Waals surface area contributed by atoms with Gasteiger partial charge in [0.05, 0.1) is 0 Å². The Morgan fingerprint density at radius 3 is 2.35 bits per heavy atom. The summed E-state index contributed by atoms with van der Waals surface area (Å²) in [6.07, 6.45) is 0. The van der Waals surface area contributed by atoms with Crippen LogP contribution in [0.3, 0.4) is 0 Å². The lowest BCUT2D eigenvalue weighted by Gasteiger charge is -2.09. The molecule has 0 heterocycles. The van der Waals surface area contributed by atoms with Gasteiger partial charge in [0.2, 0.25) is 0 Å². The summed E-state index contributed by atoms with van der Waals surface area (Å²) in [6.45, 7) is 0.628. The number of hydrogen-bond acceptors (Lipinski definition) is 4. The zero-order valence-corrected chi connectivity index (χ0v) is 13.8. The zero-order chi connectivity index (χ0) is 19.1. The highest BCUT2D eigenvalue weighted by atomic mass is 19.1. The molecule has 0 fully saturated rings. The third kappa shape index (κ3) is 5.37. The first-order chi connectivity index (χ1) is 12.4. The highest BCUT2D eigenvalue weighted by molar-refractivity contribution is 5.96. The van der Waals surface area contributed by atoms with Crippen molar-refractivity contribution in [1.82, 2.24) is 5.32 Å². The summed E-state index contributed by atoms with van der Waals surface area (Å²) >= 11 is 0. The Kier molecular flexibility index (Phi) is 6.37. The Hall–Kier alpha value is -3.29. The smallest absolute Gasteiger partial charge is 0.325 e. The number of aryl methyl sites for hydroxylation is 1. The number of hydrogen-bond donors (Lipinski definition) is 2. The molecule has 8 heteroatoms. The molecule has 0 aliphatic heterocycles. The molecular weight excluding hydrogens is 346 g/mol. The molecule has 2 N–H and O–H groups in total. The van der Waals surface area contributed by atoms with Crippen LogP contribution in [0.15, 0.2) is 42.5 Å². The summed E-state index contributed by atoms with van der Waals surface area (Å²) in [4.78, 5) is 35.1. The predicted octanol–water partition coefficient (Wildman–Crippen LogP) is 2.18. The van der Waals surface area contributed by atoms with Gasteiger partial charge < -0.3 is 15.4 Å². The van der Waals surface area contributed by atoms with Gasteiger partial charge in [-0.1, -0.05) is 23.8 Å². The van der Waals surface area contributed by atoms with Gasteiger partial charge in [0.25, 0.3) is 11.8 Å². The van der Waals surface area contributed by atoms with Gasteiger partial charge in [-0.25, -0.2) is 8.78 Å². The highest BCUT2D eigenvalue weighted by Crippen LogP contribution is 2.17. The number of halogens is 2. The number of anilines is 1. The number of carbonyl (C=O) groups excluding carboxylic acids is 3. The SMILES string of the molecule is Cc1cccc(C(=O)NCC(=O)OCC(=O)Nc2c(F)cccc2F)c1. The minimum atomic E-state index is -0.949. The van der Waals surface area contributed by atoms with Gasteiger partial charge in [-0.3, -0.25) is 14.4 Å². The molecule has 6 nitrogen and oxygen atoms in total. The van der Waals surface area contributed by atoms with Crippen LogP contribution < -0.4 is 10.6 Å². The van der Waals surface area contributed by atoms with Crippen LogP contribution in [-0.2, 0) is 14.3 Å². The fourth-order valence-electron chi connectivity index (χ4n) is 2.03. The van der Waals surface area contributed by atoms with Crippen LogP contribution in [0, 0.1) is 18.6 Å². The van der Waals surface area contributed by atoms with Crippen molar-refractivity contribution < 1.29 is 27.9 Å². The normalized spacial score (nSPS) is 10.1. The van der Waals surface area contributed by atoms with Crippen LogP contribution in [-0.4, -0.2) is 30.9 Å². The van der Waals surface area contributed by atoms with Crippen molar-refractivity contribution in [2.24, 2.45) is 0 Å². The van der Waals surface area contributed by atoms with Crippen molar-refractivity contribution in [2.45, 2.75) is 6.92 Å². The molecule has 0 bridgehead atoms. The van der Waals surface area contributed by atoms with Gasteiger partial charge in [0.15, 0.2) is 6.61 Å². The maximum Gasteiger partial charge on any atom is 0.325 e. The predicted molar refractivity (Wildman–Crippen MR) is 89.5 cm³/mol. The molecule has 26 heavy (non-hydrogen) atoms. The van der Waals surface area contributed by atoms with Gasteiger partial charge in [0, 0.05) is 5.56 Å². The van der Waals surface area contributed by atoms with Gasteiger partial charge >= 0.3 is 5.97 Å². The van der Waals surface area contributed by atoms with E-state index in [-0.39, 0.29) is 0 Å². The van der Waals surface area contributed by atoms with Crippen molar-refractivity contribution >= 4 is 23.5 Å². The molecule has 0 aliphatic carbocycles. The molecule has 2 aromatic carbocycles. The van der Waals surface area contributed by atoms with Crippen molar-refractivity contribution in [3.05, 3.63) is 65.2 Å². The largest absolute Gasteiger partial charge is 0.454 e. The monoisotopic (exact) mass is 362 g/mol. The molecule has 2 rings (SSSR count). The third-order valence-electron chi connectivity index (χ3n) is 3.26. The summed E-state index contributed by atoms with van der Waals surface area (Å²) in [6, 6.07) is 9.87. The van der Waals surface area contributed by atoms with E-state index in [1.165, 1.54) is 0 Å². The van der Waals surface area contributed by atoms with Crippen molar-refractivity contribution in [1.29, 1.82) is 0 Å². The van der Waals surface area contributed by atoms with Crippen LogP contribution >= 0.6 is 0 Å². The lowest BCUT2D eigenvalue weighted by molar-refractivity contribution is -0.146. The summed E-state index contributed by atoms with van der Waals surface area (Å²) in [5.74, 6) is -4.14. The lowest BCUT2D eigenvalue weighted by Crippen LogP contribution is -2.32. The number of esters is 1. The van der Waals surface area contributed by atoms with E-state index in [1.54, 1.807) is 18.2 Å². The highest BCUT2D eigenvalue weighted by Gasteiger charge is 2.14. The maximum absolute atomic E-state index is 13.4. The molecule has 2 amide bonds. The first-order valence-electron chi connectivity index (χ1n) is 7.61. The summed E-state index contributed by atoms with van der Waals surface area (Å²) in [5.41, 5.74) is 0.643. The second-order valence-corrected chi connectivity index (χ2v) is 5.36. The summed E-state index contributed by atoms with van der Waals surface area (Å²) < 4.78 is 31.5. The average Bonchev–Trinajstić information content (AvgIpc) is 2.61. The molecular formula is C18H16F2N2O4. The van der Waals surface area contributed by atoms with E-state index in [2.05, 4.69) is 10.1 Å². The van der Waals surface area contributed by atoms with E-state index in [4.69, 9.17) is 0 Å². The number of nitrogens with one attached hydrogen (secondary N) is 2. The summed E-state index contributed by atoms with van der Waals surface area (Å²) in [7, 11) is 0. The molecule has 0 saturated heterocycles. The maximum atomic E-state index is 13.4. The molecule has 0 aliphatic rings. The average molecular weight is 362 g/mol. The van der Waals surface area contributed by atoms with Crippen LogP contribution in [0.5, 0.6) is 0 Å². The quantitative estimate of drug-likeness (QED) is 0.772. The van der Waals surface area contributed by atoms with E-state index in [9.17, 15) is 23.2 Å². The topological polar surface area (TPSA) is 84.5 Å². The van der Waals surface area contributed by atoms with E-state index in [0.717, 1.165) is 23.8 Å². The molecule has 136 valence electrons. The molecule has 2 aromatic rings. The number of carbonyl (C=O) groups is 3. The van der Waals surface area contributed by atoms with Crippen LogP contribution in [0.4, 0.5) is 14.5 Å². The zero-order valence-electron chi connectivity index (χ0n) is 13.8. The first kappa shape index (κ1) is 19.0. The minimum Gasteiger partial charge on any atom is -0.454 e. The third-order valence-corrected chi connectivity index (χ3v) is 3.26. The molecule has 0 radical (unpaired) electrons. The van der Waals surface area contributed by atoms with Gasteiger partial charge in [-0.15, -0.1) is 0 Å². The van der Waals surface area contributed by atoms with Gasteiger partial charge in [0.1, 0.15) is 23.9 Å². The second-order valence-electron chi connectivity index (χ2n) is 5.36.